The molecule has 16 heavy (non-hydrogen) atoms. The van der Waals surface area contributed by atoms with Crippen molar-refractivity contribution in [2.75, 3.05) is 0 Å². The summed E-state index contributed by atoms with van der Waals surface area (Å²) in [7, 11) is 0. The number of hydrogen-bond donors (Lipinski definition) is 2. The molecular weight excluding hydrogens is 222 g/mol. The molecular formula is C11H15N3OS. The van der Waals surface area contributed by atoms with Crippen LogP contribution in [0.25, 0.3) is 4.96 Å². The van der Waals surface area contributed by atoms with E-state index in [-0.39, 0.29) is 6.10 Å². The van der Waals surface area contributed by atoms with Crippen LogP contribution in [-0.2, 0) is 6.54 Å². The summed E-state index contributed by atoms with van der Waals surface area (Å²) < 4.78 is 2.14. The molecule has 86 valence electrons. The molecule has 0 spiro atoms. The highest BCUT2D eigenvalue weighted by Crippen LogP contribution is 2.21. The lowest BCUT2D eigenvalue weighted by Gasteiger charge is -2.32. The van der Waals surface area contributed by atoms with E-state index in [9.17, 15) is 5.11 Å². The highest BCUT2D eigenvalue weighted by Gasteiger charge is 2.26. The standard InChI is InChI=1S/C11H15N3OS/c1-7-10(6-12-8-4-9(15)5-8)14-2-3-16-11(14)13-7/h2-3,8-9,12,15H,4-6H2,1H3. The van der Waals surface area contributed by atoms with Gasteiger partial charge in [-0.1, -0.05) is 0 Å². The van der Waals surface area contributed by atoms with Gasteiger partial charge in [0, 0.05) is 24.2 Å². The number of rotatable bonds is 3. The first kappa shape index (κ1) is 10.3. The van der Waals surface area contributed by atoms with Crippen LogP contribution in [0.5, 0.6) is 0 Å². The third kappa shape index (κ3) is 1.65. The Hall–Kier alpha value is -0.910. The van der Waals surface area contributed by atoms with Crippen LogP contribution in [-0.4, -0.2) is 26.6 Å². The van der Waals surface area contributed by atoms with E-state index >= 15 is 0 Å². The summed E-state index contributed by atoms with van der Waals surface area (Å²) in [5.41, 5.74) is 2.33. The molecule has 2 aromatic heterocycles. The quantitative estimate of drug-likeness (QED) is 0.846. The Kier molecular flexibility index (Phi) is 2.46. The fourth-order valence-corrected chi connectivity index (χ4v) is 2.93. The number of thiazole rings is 1. The van der Waals surface area contributed by atoms with Gasteiger partial charge in [-0.25, -0.2) is 4.98 Å². The Morgan fingerprint density at radius 2 is 2.44 bits per heavy atom. The van der Waals surface area contributed by atoms with Crippen LogP contribution in [0.3, 0.4) is 0 Å². The third-order valence-electron chi connectivity index (χ3n) is 3.23. The van der Waals surface area contributed by atoms with E-state index in [1.807, 2.05) is 6.92 Å². The minimum atomic E-state index is -0.0924. The molecule has 0 bridgehead atoms. The second kappa shape index (κ2) is 3.84. The van der Waals surface area contributed by atoms with Gasteiger partial charge < -0.3 is 10.4 Å². The topological polar surface area (TPSA) is 49.6 Å². The summed E-state index contributed by atoms with van der Waals surface area (Å²) in [4.78, 5) is 5.56. The zero-order chi connectivity index (χ0) is 11.1. The van der Waals surface area contributed by atoms with Gasteiger partial charge in [0.15, 0.2) is 4.96 Å². The van der Waals surface area contributed by atoms with Crippen LogP contribution in [0.2, 0.25) is 0 Å². The molecule has 0 amide bonds. The van der Waals surface area contributed by atoms with E-state index in [4.69, 9.17) is 0 Å². The monoisotopic (exact) mass is 237 g/mol. The molecule has 5 heteroatoms. The van der Waals surface area contributed by atoms with Gasteiger partial charge in [0.1, 0.15) is 0 Å². The second-order valence-corrected chi connectivity index (χ2v) is 5.28. The lowest BCUT2D eigenvalue weighted by molar-refractivity contribution is 0.0617. The molecule has 0 unspecified atom stereocenters. The van der Waals surface area contributed by atoms with Crippen LogP contribution in [0.1, 0.15) is 24.2 Å². The minimum Gasteiger partial charge on any atom is -0.393 e. The van der Waals surface area contributed by atoms with Gasteiger partial charge in [-0.05, 0) is 19.8 Å². The average Bonchev–Trinajstić information content (AvgIpc) is 2.72. The molecule has 0 aliphatic heterocycles. The van der Waals surface area contributed by atoms with E-state index in [0.717, 1.165) is 30.0 Å². The maximum Gasteiger partial charge on any atom is 0.194 e. The summed E-state index contributed by atoms with van der Waals surface area (Å²) in [5, 5.41) is 14.7. The number of aliphatic hydroxyl groups excluding tert-OH is 1. The molecule has 0 aromatic carbocycles. The van der Waals surface area contributed by atoms with Crippen LogP contribution in [0.15, 0.2) is 11.6 Å². The van der Waals surface area contributed by atoms with Gasteiger partial charge in [-0.15, -0.1) is 11.3 Å². The van der Waals surface area contributed by atoms with Crippen molar-refractivity contribution >= 4 is 16.3 Å². The Morgan fingerprint density at radius 3 is 3.19 bits per heavy atom. The van der Waals surface area contributed by atoms with Crippen LogP contribution >= 0.6 is 11.3 Å². The Labute approximate surface area is 97.9 Å². The van der Waals surface area contributed by atoms with E-state index < -0.39 is 0 Å². The predicted octanol–water partition coefficient (Wildman–Crippen LogP) is 1.32. The van der Waals surface area contributed by atoms with Crippen molar-refractivity contribution in [2.45, 2.75) is 38.5 Å². The second-order valence-electron chi connectivity index (χ2n) is 4.40. The van der Waals surface area contributed by atoms with Gasteiger partial charge in [-0.2, -0.15) is 0 Å². The molecule has 4 nitrogen and oxygen atoms in total. The predicted molar refractivity (Wildman–Crippen MR) is 63.7 cm³/mol. The number of imidazole rings is 1. The van der Waals surface area contributed by atoms with Crippen molar-refractivity contribution in [2.24, 2.45) is 0 Å². The molecule has 1 fully saturated rings. The summed E-state index contributed by atoms with van der Waals surface area (Å²) in [6, 6.07) is 0.471. The highest BCUT2D eigenvalue weighted by molar-refractivity contribution is 7.15. The fraction of sp³-hybridized carbons (Fsp3) is 0.545. The number of nitrogens with zero attached hydrogens (tertiary/aromatic N) is 2. The number of aryl methyl sites for hydroxylation is 1. The fourth-order valence-electron chi connectivity index (χ4n) is 2.15. The zero-order valence-corrected chi connectivity index (χ0v) is 10.00. The number of aromatic nitrogens is 2. The van der Waals surface area contributed by atoms with Crippen molar-refractivity contribution in [3.8, 4) is 0 Å². The molecule has 0 radical (unpaired) electrons. The van der Waals surface area contributed by atoms with E-state index in [1.165, 1.54) is 5.69 Å². The van der Waals surface area contributed by atoms with E-state index in [1.54, 1.807) is 11.3 Å². The van der Waals surface area contributed by atoms with Gasteiger partial charge in [0.2, 0.25) is 0 Å². The Bertz CT molecular complexity index is 498. The highest BCUT2D eigenvalue weighted by atomic mass is 32.1. The van der Waals surface area contributed by atoms with Crippen molar-refractivity contribution in [3.63, 3.8) is 0 Å². The first-order chi connectivity index (χ1) is 7.74. The minimum absolute atomic E-state index is 0.0924. The normalized spacial score (nSPS) is 24.9. The Balaban J connectivity index is 1.73. The van der Waals surface area contributed by atoms with Crippen molar-refractivity contribution in [1.29, 1.82) is 0 Å². The maximum absolute atomic E-state index is 9.21. The largest absolute Gasteiger partial charge is 0.393 e. The van der Waals surface area contributed by atoms with Gasteiger partial charge in [-0.3, -0.25) is 4.40 Å². The molecule has 1 saturated carbocycles. The average molecular weight is 237 g/mol. The van der Waals surface area contributed by atoms with Gasteiger partial charge in [0.25, 0.3) is 0 Å². The lowest BCUT2D eigenvalue weighted by atomic mass is 9.89. The Morgan fingerprint density at radius 1 is 1.62 bits per heavy atom. The summed E-state index contributed by atoms with van der Waals surface area (Å²) in [5.74, 6) is 0. The van der Waals surface area contributed by atoms with Crippen molar-refractivity contribution < 1.29 is 5.11 Å². The molecule has 1 aliphatic carbocycles. The van der Waals surface area contributed by atoms with E-state index in [2.05, 4.69) is 26.3 Å². The summed E-state index contributed by atoms with van der Waals surface area (Å²) in [6.07, 6.45) is 3.73. The van der Waals surface area contributed by atoms with Crippen molar-refractivity contribution in [1.82, 2.24) is 14.7 Å². The lowest BCUT2D eigenvalue weighted by Crippen LogP contribution is -2.43. The molecule has 0 atom stereocenters. The number of nitrogens with one attached hydrogen (secondary N) is 1. The molecule has 3 rings (SSSR count). The van der Waals surface area contributed by atoms with Crippen LogP contribution in [0.4, 0.5) is 0 Å². The zero-order valence-electron chi connectivity index (χ0n) is 9.18. The molecule has 0 saturated heterocycles. The number of aliphatic hydroxyl groups is 1. The van der Waals surface area contributed by atoms with E-state index in [0.29, 0.717) is 6.04 Å². The number of fused-ring (bicyclic) bond motifs is 1. The molecule has 1 aliphatic rings. The smallest absolute Gasteiger partial charge is 0.194 e. The molecule has 2 N–H and O–H groups in total. The first-order valence-corrected chi connectivity index (χ1v) is 6.44. The van der Waals surface area contributed by atoms with Crippen molar-refractivity contribution in [3.05, 3.63) is 23.0 Å². The van der Waals surface area contributed by atoms with Crippen LogP contribution < -0.4 is 5.32 Å². The van der Waals surface area contributed by atoms with Gasteiger partial charge in [0.05, 0.1) is 17.5 Å². The third-order valence-corrected chi connectivity index (χ3v) is 3.99. The molecule has 2 heterocycles. The summed E-state index contributed by atoms with van der Waals surface area (Å²) in [6.45, 7) is 2.88. The number of hydrogen-bond acceptors (Lipinski definition) is 4. The molecule has 2 aromatic rings. The SMILES string of the molecule is Cc1nc2sccn2c1CNC1CC(O)C1. The van der Waals surface area contributed by atoms with Crippen LogP contribution in [0, 0.1) is 6.92 Å². The first-order valence-electron chi connectivity index (χ1n) is 5.56. The van der Waals surface area contributed by atoms with Gasteiger partial charge >= 0.3 is 0 Å². The maximum atomic E-state index is 9.21. The summed E-state index contributed by atoms with van der Waals surface area (Å²) >= 11 is 1.66.